The summed E-state index contributed by atoms with van der Waals surface area (Å²) in [5, 5.41) is 3.91. The van der Waals surface area contributed by atoms with Crippen molar-refractivity contribution in [2.24, 2.45) is 0 Å². The zero-order chi connectivity index (χ0) is 23.4. The average Bonchev–Trinajstić information content (AvgIpc) is 3.06. The number of carbonyl (C=O) groups is 1. The van der Waals surface area contributed by atoms with Crippen LogP contribution in [0.3, 0.4) is 0 Å². The lowest BCUT2D eigenvalue weighted by Gasteiger charge is -2.38. The van der Waals surface area contributed by atoms with Crippen LogP contribution in [0, 0.1) is 5.82 Å². The van der Waals surface area contributed by atoms with E-state index in [-0.39, 0.29) is 5.91 Å². The van der Waals surface area contributed by atoms with Crippen LogP contribution in [-0.2, 0) is 4.79 Å². The SMILES string of the molecule is C=C(Oc1ccc(OCCNC2C[C@H]3CC[C@@H](C2)N3C(C)=O)cc1)Sc1c(N)cccc1F. The van der Waals surface area contributed by atoms with Crippen molar-refractivity contribution in [2.45, 2.75) is 55.6 Å². The molecule has 0 radical (unpaired) electrons. The lowest BCUT2D eigenvalue weighted by molar-refractivity contribution is -0.133. The normalized spacial score (nSPS) is 21.6. The predicted molar refractivity (Wildman–Crippen MR) is 129 cm³/mol. The largest absolute Gasteiger partial charge is 0.492 e. The van der Waals surface area contributed by atoms with Crippen LogP contribution in [0.25, 0.3) is 0 Å². The summed E-state index contributed by atoms with van der Waals surface area (Å²) in [6.07, 6.45) is 4.27. The third-order valence-corrected chi connectivity index (χ3v) is 7.12. The number of anilines is 1. The lowest BCUT2D eigenvalue weighted by Crippen LogP contribution is -2.51. The first kappa shape index (κ1) is 23.4. The molecule has 6 nitrogen and oxygen atoms in total. The number of hydrogen-bond donors (Lipinski definition) is 2. The summed E-state index contributed by atoms with van der Waals surface area (Å²) in [7, 11) is 0. The minimum atomic E-state index is -0.404. The van der Waals surface area contributed by atoms with Gasteiger partial charge in [-0.05, 0) is 80.4 Å². The molecule has 176 valence electrons. The minimum Gasteiger partial charge on any atom is -0.492 e. The van der Waals surface area contributed by atoms with Gasteiger partial charge in [0.25, 0.3) is 0 Å². The molecule has 0 saturated carbocycles. The van der Waals surface area contributed by atoms with Crippen molar-refractivity contribution in [1.82, 2.24) is 10.2 Å². The molecule has 33 heavy (non-hydrogen) atoms. The van der Waals surface area contributed by atoms with Gasteiger partial charge in [0.15, 0.2) is 5.09 Å². The highest BCUT2D eigenvalue weighted by Gasteiger charge is 2.41. The zero-order valence-electron chi connectivity index (χ0n) is 18.8. The van der Waals surface area contributed by atoms with Gasteiger partial charge in [-0.2, -0.15) is 0 Å². The number of hydrogen-bond acceptors (Lipinski definition) is 6. The molecule has 8 heteroatoms. The summed E-state index contributed by atoms with van der Waals surface area (Å²) >= 11 is 1.05. The van der Waals surface area contributed by atoms with Gasteiger partial charge in [0.2, 0.25) is 5.91 Å². The van der Waals surface area contributed by atoms with E-state index in [2.05, 4.69) is 16.8 Å². The Hall–Kier alpha value is -2.71. The summed E-state index contributed by atoms with van der Waals surface area (Å²) in [6, 6.07) is 13.0. The molecular weight excluding hydrogens is 441 g/mol. The van der Waals surface area contributed by atoms with Gasteiger partial charge in [0.1, 0.15) is 23.9 Å². The highest BCUT2D eigenvalue weighted by atomic mass is 32.2. The lowest BCUT2D eigenvalue weighted by atomic mass is 9.97. The summed E-state index contributed by atoms with van der Waals surface area (Å²) in [5.74, 6) is 1.13. The number of benzene rings is 2. The predicted octanol–water partition coefficient (Wildman–Crippen LogP) is 4.56. The van der Waals surface area contributed by atoms with Gasteiger partial charge in [-0.15, -0.1) is 0 Å². The summed E-state index contributed by atoms with van der Waals surface area (Å²) in [4.78, 5) is 14.2. The Morgan fingerprint density at radius 3 is 2.48 bits per heavy atom. The van der Waals surface area contributed by atoms with Crippen LogP contribution in [0.4, 0.5) is 10.1 Å². The number of nitrogens with one attached hydrogen (secondary N) is 1. The van der Waals surface area contributed by atoms with Crippen molar-refractivity contribution >= 4 is 23.4 Å². The minimum absolute atomic E-state index is 0.204. The smallest absolute Gasteiger partial charge is 0.219 e. The molecule has 2 aliphatic rings. The Labute approximate surface area is 198 Å². The van der Waals surface area contributed by atoms with Crippen molar-refractivity contribution < 1.29 is 18.7 Å². The first-order chi connectivity index (χ1) is 15.9. The molecule has 2 heterocycles. The topological polar surface area (TPSA) is 76.8 Å². The van der Waals surface area contributed by atoms with Gasteiger partial charge in [-0.1, -0.05) is 6.07 Å². The Morgan fingerprint density at radius 1 is 1.18 bits per heavy atom. The number of nitrogens with two attached hydrogens (primary N) is 1. The molecule has 2 fully saturated rings. The van der Waals surface area contributed by atoms with Gasteiger partial charge in [0.05, 0.1) is 4.90 Å². The third-order valence-electron chi connectivity index (χ3n) is 6.17. The fraction of sp³-hybridized carbons (Fsp3) is 0.400. The second-order valence-corrected chi connectivity index (χ2v) is 9.56. The molecule has 0 aromatic heterocycles. The van der Waals surface area contributed by atoms with Gasteiger partial charge >= 0.3 is 0 Å². The van der Waals surface area contributed by atoms with E-state index in [1.165, 1.54) is 6.07 Å². The Kier molecular flexibility index (Phi) is 7.45. The molecule has 2 aromatic carbocycles. The maximum atomic E-state index is 13.9. The number of ether oxygens (including phenoxy) is 2. The van der Waals surface area contributed by atoms with E-state index in [9.17, 15) is 9.18 Å². The molecule has 3 N–H and O–H groups in total. The number of nitrogens with zero attached hydrogens (tertiary/aromatic N) is 1. The van der Waals surface area contributed by atoms with Gasteiger partial charge in [-0.3, -0.25) is 4.79 Å². The number of thioether (sulfide) groups is 1. The van der Waals surface area contributed by atoms with E-state index < -0.39 is 5.82 Å². The zero-order valence-corrected chi connectivity index (χ0v) is 19.6. The Balaban J connectivity index is 1.18. The molecule has 0 aliphatic carbocycles. The van der Waals surface area contributed by atoms with E-state index in [1.807, 2.05) is 12.1 Å². The van der Waals surface area contributed by atoms with Crippen molar-refractivity contribution in [3.05, 3.63) is 60.0 Å². The molecule has 2 bridgehead atoms. The summed E-state index contributed by atoms with van der Waals surface area (Å²) < 4.78 is 25.5. The molecule has 2 saturated heterocycles. The number of amides is 1. The van der Waals surface area contributed by atoms with Gasteiger partial charge in [-0.25, -0.2) is 4.39 Å². The van der Waals surface area contributed by atoms with E-state index >= 15 is 0 Å². The van der Waals surface area contributed by atoms with Crippen LogP contribution >= 0.6 is 11.8 Å². The number of carbonyl (C=O) groups excluding carboxylic acids is 1. The molecule has 1 unspecified atom stereocenters. The van der Waals surface area contributed by atoms with Crippen LogP contribution < -0.4 is 20.5 Å². The van der Waals surface area contributed by atoms with E-state index in [4.69, 9.17) is 15.2 Å². The van der Waals surface area contributed by atoms with E-state index in [1.54, 1.807) is 31.2 Å². The third kappa shape index (κ3) is 5.81. The maximum absolute atomic E-state index is 13.9. The standard InChI is InChI=1S/C25H30FN3O3S/c1-16(30)29-19-6-7-20(29)15-18(14-19)28-12-13-31-21-8-10-22(11-9-21)32-17(2)33-25-23(26)4-3-5-24(25)27/h3-5,8-11,18-20,28H,2,6-7,12-15,27H2,1H3/t18?,19-,20+. The van der Waals surface area contributed by atoms with Crippen molar-refractivity contribution in [1.29, 1.82) is 0 Å². The number of nitrogen functional groups attached to an aromatic ring is 1. The van der Waals surface area contributed by atoms with Crippen LogP contribution in [-0.4, -0.2) is 42.1 Å². The van der Waals surface area contributed by atoms with Crippen LogP contribution in [0.15, 0.2) is 59.0 Å². The highest BCUT2D eigenvalue weighted by molar-refractivity contribution is 8.03. The van der Waals surface area contributed by atoms with Crippen molar-refractivity contribution in [3.8, 4) is 11.5 Å². The van der Waals surface area contributed by atoms with Gasteiger partial charge < -0.3 is 25.4 Å². The number of piperidine rings is 1. The molecule has 2 aliphatic heterocycles. The summed E-state index contributed by atoms with van der Waals surface area (Å²) in [6.45, 7) is 6.82. The average molecular weight is 472 g/mol. The highest BCUT2D eigenvalue weighted by Crippen LogP contribution is 2.36. The molecule has 4 rings (SSSR count). The molecular formula is C25H30FN3O3S. The molecule has 2 aromatic rings. The fourth-order valence-corrected chi connectivity index (χ4v) is 5.51. The van der Waals surface area contributed by atoms with Crippen molar-refractivity contribution in [3.63, 3.8) is 0 Å². The fourth-order valence-electron chi connectivity index (χ4n) is 4.79. The van der Waals surface area contributed by atoms with Crippen LogP contribution in [0.1, 0.15) is 32.6 Å². The molecule has 0 spiro atoms. The van der Waals surface area contributed by atoms with E-state index in [0.29, 0.717) is 46.2 Å². The number of halogens is 1. The Bertz CT molecular complexity index is 967. The summed E-state index contributed by atoms with van der Waals surface area (Å²) in [5.41, 5.74) is 6.17. The Morgan fingerprint density at radius 2 is 1.85 bits per heavy atom. The first-order valence-corrected chi connectivity index (χ1v) is 12.1. The van der Waals surface area contributed by atoms with E-state index in [0.717, 1.165) is 49.7 Å². The maximum Gasteiger partial charge on any atom is 0.219 e. The molecule has 3 atom stereocenters. The second kappa shape index (κ2) is 10.5. The number of fused-ring (bicyclic) bond motifs is 2. The second-order valence-electron chi connectivity index (χ2n) is 8.49. The quantitative estimate of drug-likeness (QED) is 0.242. The van der Waals surface area contributed by atoms with Crippen LogP contribution in [0.5, 0.6) is 11.5 Å². The monoisotopic (exact) mass is 471 g/mol. The number of rotatable bonds is 9. The first-order valence-electron chi connectivity index (χ1n) is 11.2. The molecule has 1 amide bonds. The van der Waals surface area contributed by atoms with Gasteiger partial charge in [0, 0.05) is 37.3 Å². The van der Waals surface area contributed by atoms with Crippen molar-refractivity contribution in [2.75, 3.05) is 18.9 Å². The van der Waals surface area contributed by atoms with Crippen LogP contribution in [0.2, 0.25) is 0 Å².